The average molecular weight is 1190 g/mol. The Kier molecular flexibility index (Phi) is 9.92. The summed E-state index contributed by atoms with van der Waals surface area (Å²) in [5.41, 5.74) is -3.53. The molecule has 0 spiro atoms. The molecule has 23 nitrogen and oxygen atoms in total. The SMILES string of the molecule is O=c1c2ccccc2c(=O)c2c3[nH]c4c5c(=O)c6ccccc6c(=O)c5c5[nH]c6c(ccc7c(OS(=O)(=O)O)c8ccccc8c(OS(=O)(=O)O)c76)c5c4c3c3c4ccc5c(OS(=O)(=O)O)c6ccccc6c(OS(=O)(=O)O)c5c4[nH]c3c12. The maximum Gasteiger partial charge on any atom is 0.446 e. The van der Waals surface area contributed by atoms with Crippen LogP contribution in [-0.2, 0) is 41.6 Å². The van der Waals surface area contributed by atoms with Gasteiger partial charge in [-0.25, -0.2) is 0 Å². The van der Waals surface area contributed by atoms with Crippen molar-refractivity contribution >= 4 is 193 Å². The Morgan fingerprint density at radius 2 is 0.470 bits per heavy atom. The van der Waals surface area contributed by atoms with Crippen LogP contribution < -0.4 is 38.4 Å². The van der Waals surface area contributed by atoms with Crippen molar-refractivity contribution in [2.24, 2.45) is 0 Å². The third-order valence-corrected chi connectivity index (χ3v) is 16.7. The predicted octanol–water partition coefficient (Wildman–Crippen LogP) is 8.86. The first-order valence-corrected chi connectivity index (χ1v) is 29.7. The van der Waals surface area contributed by atoms with Gasteiger partial charge in [0.15, 0.2) is 44.7 Å². The highest BCUT2D eigenvalue weighted by atomic mass is 32.3. The van der Waals surface area contributed by atoms with E-state index in [9.17, 15) is 51.9 Å². The average Bonchev–Trinajstić information content (AvgIpc) is 1.76. The van der Waals surface area contributed by atoms with Crippen LogP contribution in [-0.4, -0.2) is 66.8 Å². The van der Waals surface area contributed by atoms with Crippen LogP contribution >= 0.6 is 0 Å². The summed E-state index contributed by atoms with van der Waals surface area (Å²) < 4.78 is 164. The standard InChI is InChI=1S/C56H27N3O20S4/c60-49-21-9-1-3-11-23(21)51(62)41-39(49)45-33(29-17-19-31-35(43(29)57-45)55(78-82(70,71)72)27-15-7-5-13-25(27)53(31)76-80(64,65)66)37-38-34-30-18-20-32-36(56(79-83(73,74)75)28-16-8-6-14-26(28)54(32)77-81(67,68)69)44(30)58-46(34)40-42(48(38)59-47(37)41)52(63)24-12-4-2-10-22(24)50(40)61/h1-20,57-59H,(H,64,65,66)(H,67,68,69)(H,70,71,72)(H,73,74,75). The second-order valence-corrected chi connectivity index (χ2v) is 23.6. The van der Waals surface area contributed by atoms with Crippen molar-refractivity contribution in [3.05, 3.63) is 162 Å². The third-order valence-electron chi connectivity index (χ3n) is 15.2. The zero-order valence-corrected chi connectivity index (χ0v) is 44.3. The number of hydrogen-bond donors (Lipinski definition) is 7. The van der Waals surface area contributed by atoms with Gasteiger partial charge in [0.2, 0.25) is 0 Å². The number of H-pyrrole nitrogens is 3. The summed E-state index contributed by atoms with van der Waals surface area (Å²) in [4.78, 5) is 71.1. The topological polar surface area (TPSA) is 370 Å². The molecule has 0 amide bonds. The molecule has 0 aliphatic rings. The number of hydrogen-bond acceptors (Lipinski definition) is 16. The van der Waals surface area contributed by atoms with E-state index in [1.165, 1.54) is 121 Å². The molecule has 0 aliphatic heterocycles. The summed E-state index contributed by atoms with van der Waals surface area (Å²) in [6.07, 6.45) is 0. The lowest BCUT2D eigenvalue weighted by Gasteiger charge is -2.15. The molecule has 0 fully saturated rings. The fraction of sp³-hybridized carbons (Fsp3) is 0. The summed E-state index contributed by atoms with van der Waals surface area (Å²) in [6.45, 7) is 0. The molecule has 27 heteroatoms. The van der Waals surface area contributed by atoms with E-state index in [4.69, 9.17) is 16.7 Å². The van der Waals surface area contributed by atoms with Crippen LogP contribution in [0, 0.1) is 0 Å². The normalized spacial score (nSPS) is 13.2. The van der Waals surface area contributed by atoms with Crippen molar-refractivity contribution in [3.8, 4) is 23.0 Å². The second-order valence-electron chi connectivity index (χ2n) is 19.6. The molecule has 0 radical (unpaired) electrons. The minimum absolute atomic E-state index is 0.0380. The first-order chi connectivity index (χ1) is 39.4. The minimum Gasteiger partial charge on any atom is -0.360 e. The van der Waals surface area contributed by atoms with Crippen molar-refractivity contribution in [2.75, 3.05) is 0 Å². The maximum absolute atomic E-state index is 15.4. The molecule has 0 aliphatic carbocycles. The third kappa shape index (κ3) is 7.07. The molecule has 410 valence electrons. The van der Waals surface area contributed by atoms with Gasteiger partial charge in [-0.3, -0.25) is 37.4 Å². The van der Waals surface area contributed by atoms with Crippen LogP contribution in [0.5, 0.6) is 23.0 Å². The molecule has 3 aromatic heterocycles. The Bertz CT molecular complexity index is 6020. The largest absolute Gasteiger partial charge is 0.446 e. The highest BCUT2D eigenvalue weighted by Crippen LogP contribution is 2.53. The van der Waals surface area contributed by atoms with Crippen molar-refractivity contribution in [2.45, 2.75) is 0 Å². The summed E-state index contributed by atoms with van der Waals surface area (Å²) in [6, 6.07) is 28.2. The number of aromatic amines is 3. The monoisotopic (exact) mass is 1190 g/mol. The maximum atomic E-state index is 15.4. The van der Waals surface area contributed by atoms with Crippen LogP contribution in [0.15, 0.2) is 141 Å². The van der Waals surface area contributed by atoms with Gasteiger partial charge in [0, 0.05) is 86.2 Å². The highest BCUT2D eigenvalue weighted by Gasteiger charge is 2.33. The highest BCUT2D eigenvalue weighted by molar-refractivity contribution is 7.82. The fourth-order valence-corrected chi connectivity index (χ4v) is 14.0. The Morgan fingerprint density at radius 3 is 0.759 bits per heavy atom. The first kappa shape index (κ1) is 50.1. The number of fused-ring (bicyclic) bond motifs is 25. The zero-order valence-electron chi connectivity index (χ0n) is 41.0. The van der Waals surface area contributed by atoms with E-state index >= 15 is 19.2 Å². The summed E-state index contributed by atoms with van der Waals surface area (Å²) in [5, 5.41) is -2.59. The van der Waals surface area contributed by atoms with E-state index in [1.807, 2.05) is 0 Å². The van der Waals surface area contributed by atoms with Crippen LogP contribution in [0.2, 0.25) is 0 Å². The fourth-order valence-electron chi connectivity index (χ4n) is 12.4. The number of aromatic nitrogens is 3. The molecule has 83 heavy (non-hydrogen) atoms. The van der Waals surface area contributed by atoms with Crippen molar-refractivity contribution in [1.82, 2.24) is 15.0 Å². The lowest BCUT2D eigenvalue weighted by molar-refractivity contribution is 0.385. The number of benzene rings is 12. The quantitative estimate of drug-likeness (QED) is 0.0551. The van der Waals surface area contributed by atoms with Crippen molar-refractivity contribution in [1.29, 1.82) is 0 Å². The Labute approximate surface area is 459 Å². The molecule has 3 heterocycles. The summed E-state index contributed by atoms with van der Waals surface area (Å²) in [7, 11) is -21.6. The van der Waals surface area contributed by atoms with Crippen LogP contribution in [0.25, 0.3) is 152 Å². The molecule has 12 aromatic carbocycles. The van der Waals surface area contributed by atoms with Gasteiger partial charge in [0.05, 0.1) is 65.4 Å². The summed E-state index contributed by atoms with van der Waals surface area (Å²) >= 11 is 0. The molecule has 15 rings (SSSR count). The van der Waals surface area contributed by atoms with E-state index in [-0.39, 0.29) is 152 Å². The van der Waals surface area contributed by atoms with Gasteiger partial charge >= 0.3 is 41.6 Å². The van der Waals surface area contributed by atoms with Gasteiger partial charge < -0.3 is 31.7 Å². The molecule has 0 bridgehead atoms. The van der Waals surface area contributed by atoms with E-state index in [0.717, 1.165) is 0 Å². The molecular formula is C56H27N3O20S4. The lowest BCUT2D eigenvalue weighted by atomic mass is 9.92. The van der Waals surface area contributed by atoms with Gasteiger partial charge in [0.1, 0.15) is 0 Å². The van der Waals surface area contributed by atoms with Gasteiger partial charge in [-0.15, -0.1) is 0 Å². The molecule has 0 saturated heterocycles. The van der Waals surface area contributed by atoms with Gasteiger partial charge in [-0.1, -0.05) is 109 Å². The van der Waals surface area contributed by atoms with Crippen molar-refractivity contribution < 1.29 is 68.6 Å². The molecule has 7 N–H and O–H groups in total. The lowest BCUT2D eigenvalue weighted by Crippen LogP contribution is -2.14. The molecule has 15 aromatic rings. The molecule has 0 unspecified atom stereocenters. The zero-order chi connectivity index (χ0) is 57.9. The molecule has 0 saturated carbocycles. The summed E-state index contributed by atoms with van der Waals surface area (Å²) in [5.74, 6) is -2.30. The Morgan fingerprint density at radius 1 is 0.241 bits per heavy atom. The predicted molar refractivity (Wildman–Crippen MR) is 311 cm³/mol. The van der Waals surface area contributed by atoms with Gasteiger partial charge in [-0.05, 0) is 12.1 Å². The number of nitrogens with one attached hydrogen (secondary N) is 3. The molecular weight excluding hydrogens is 1160 g/mol. The first-order valence-electron chi connectivity index (χ1n) is 24.2. The van der Waals surface area contributed by atoms with E-state index in [0.29, 0.717) is 0 Å². The van der Waals surface area contributed by atoms with E-state index in [2.05, 4.69) is 15.0 Å². The van der Waals surface area contributed by atoms with Gasteiger partial charge in [0.25, 0.3) is 0 Å². The molecule has 0 atom stereocenters. The Balaban J connectivity index is 1.28. The number of rotatable bonds is 8. The van der Waals surface area contributed by atoms with Crippen LogP contribution in [0.3, 0.4) is 0 Å². The van der Waals surface area contributed by atoms with E-state index in [1.54, 1.807) is 0 Å². The van der Waals surface area contributed by atoms with Gasteiger partial charge in [-0.2, -0.15) is 33.7 Å². The van der Waals surface area contributed by atoms with Crippen molar-refractivity contribution in [3.63, 3.8) is 0 Å². The minimum atomic E-state index is -5.45. The van der Waals surface area contributed by atoms with E-state index < -0.39 is 86.3 Å². The van der Waals surface area contributed by atoms with Crippen LogP contribution in [0.4, 0.5) is 0 Å². The smallest absolute Gasteiger partial charge is 0.360 e. The Hall–Kier alpha value is -9.84. The van der Waals surface area contributed by atoms with Crippen LogP contribution in [0.1, 0.15) is 0 Å². The second kappa shape index (κ2) is 16.4.